The average Bonchev–Trinajstić information content (AvgIpc) is 3.04. The maximum absolute atomic E-state index is 12.6. The quantitative estimate of drug-likeness (QED) is 0.606. The van der Waals surface area contributed by atoms with E-state index in [0.717, 1.165) is 27.7 Å². The van der Waals surface area contributed by atoms with Gasteiger partial charge in [-0.15, -0.1) is 0 Å². The van der Waals surface area contributed by atoms with E-state index in [-0.39, 0.29) is 30.3 Å². The molecule has 2 aromatic rings. The van der Waals surface area contributed by atoms with E-state index in [1.807, 2.05) is 71.3 Å². The van der Waals surface area contributed by atoms with Crippen LogP contribution in [-0.2, 0) is 4.74 Å². The Labute approximate surface area is 184 Å². The number of amides is 3. The zero-order valence-electron chi connectivity index (χ0n) is 16.3. The minimum atomic E-state index is -0.256. The number of carbonyl (C=O) groups excluding carboxylic acids is 2. The summed E-state index contributed by atoms with van der Waals surface area (Å²) in [5.74, 6) is 0. The molecule has 2 aliphatic heterocycles. The molecule has 0 saturated carbocycles. The number of ether oxygens (including phenoxy) is 1. The number of hydrogen-bond donors (Lipinski definition) is 1. The molecule has 6 nitrogen and oxygen atoms in total. The van der Waals surface area contributed by atoms with Crippen molar-refractivity contribution < 1.29 is 14.3 Å². The summed E-state index contributed by atoms with van der Waals surface area (Å²) in [5.41, 5.74) is 1.84. The molecule has 0 aromatic heterocycles. The van der Waals surface area contributed by atoms with Gasteiger partial charge >= 0.3 is 12.1 Å². The lowest BCUT2D eigenvalue weighted by atomic mass is 9.98. The lowest BCUT2D eigenvalue weighted by Gasteiger charge is -2.37. The molecule has 2 saturated heterocycles. The summed E-state index contributed by atoms with van der Waals surface area (Å²) in [6.07, 6.45) is 0.999. The summed E-state index contributed by atoms with van der Waals surface area (Å²) in [4.78, 5) is 28.9. The Hall–Kier alpha value is -2.29. The first-order valence-corrected chi connectivity index (χ1v) is 11.0. The van der Waals surface area contributed by atoms with Gasteiger partial charge in [-0.25, -0.2) is 9.59 Å². The number of anilines is 1. The van der Waals surface area contributed by atoms with E-state index in [4.69, 9.17) is 4.74 Å². The number of nitrogens with one attached hydrogen (secondary N) is 1. The molecule has 0 radical (unpaired) electrons. The summed E-state index contributed by atoms with van der Waals surface area (Å²) in [6.45, 7) is 3.28. The Kier molecular flexibility index (Phi) is 5.94. The molecule has 0 unspecified atom stereocenters. The fourth-order valence-electron chi connectivity index (χ4n) is 4.15. The van der Waals surface area contributed by atoms with Crippen LogP contribution in [0, 0.1) is 3.57 Å². The number of piperidine rings is 1. The minimum Gasteiger partial charge on any atom is -0.439 e. The predicted molar refractivity (Wildman–Crippen MR) is 120 cm³/mol. The molecule has 29 heavy (non-hydrogen) atoms. The number of benzene rings is 2. The highest BCUT2D eigenvalue weighted by atomic mass is 127. The van der Waals surface area contributed by atoms with Gasteiger partial charge in [-0.05, 0) is 60.1 Å². The third kappa shape index (κ3) is 4.19. The lowest BCUT2D eigenvalue weighted by Crippen LogP contribution is -2.50. The molecule has 0 spiro atoms. The lowest BCUT2D eigenvalue weighted by molar-refractivity contribution is 0.115. The number of halogens is 1. The molecule has 3 amide bonds. The highest BCUT2D eigenvalue weighted by Crippen LogP contribution is 2.35. The van der Waals surface area contributed by atoms with Crippen molar-refractivity contribution in [2.45, 2.75) is 38.0 Å². The summed E-state index contributed by atoms with van der Waals surface area (Å²) < 4.78 is 6.69. The van der Waals surface area contributed by atoms with Crippen molar-refractivity contribution in [3.8, 4) is 0 Å². The fraction of sp³-hybridized carbons (Fsp3) is 0.364. The molecule has 152 valence electrons. The molecule has 2 atom stereocenters. The van der Waals surface area contributed by atoms with Crippen molar-refractivity contribution in [2.75, 3.05) is 18.4 Å². The first-order chi connectivity index (χ1) is 14.0. The molecule has 7 heteroatoms. The summed E-state index contributed by atoms with van der Waals surface area (Å²) in [7, 11) is 0. The molecule has 0 bridgehead atoms. The van der Waals surface area contributed by atoms with Crippen LogP contribution in [0.5, 0.6) is 0 Å². The van der Waals surface area contributed by atoms with E-state index in [9.17, 15) is 9.59 Å². The molecular weight excluding hydrogens is 481 g/mol. The Morgan fingerprint density at radius 2 is 1.72 bits per heavy atom. The molecule has 0 aliphatic carbocycles. The van der Waals surface area contributed by atoms with Crippen LogP contribution in [-0.4, -0.2) is 47.1 Å². The SMILES string of the molecule is C[C@@H]1[C@H](c2ccccc2)OC(=O)N1C1CCN(C(=O)Nc2ccccc2I)CC1. The molecule has 1 N–H and O–H groups in total. The van der Waals surface area contributed by atoms with Gasteiger partial charge in [0.05, 0.1) is 11.7 Å². The van der Waals surface area contributed by atoms with E-state index in [1.165, 1.54) is 0 Å². The van der Waals surface area contributed by atoms with Crippen molar-refractivity contribution in [2.24, 2.45) is 0 Å². The second-order valence-corrected chi connectivity index (χ2v) is 8.65. The Morgan fingerprint density at radius 1 is 1.07 bits per heavy atom. The van der Waals surface area contributed by atoms with Gasteiger partial charge in [0.2, 0.25) is 0 Å². The van der Waals surface area contributed by atoms with Crippen molar-refractivity contribution >= 4 is 40.4 Å². The first kappa shape index (κ1) is 20.0. The summed E-state index contributed by atoms with van der Waals surface area (Å²) in [6, 6.07) is 17.6. The summed E-state index contributed by atoms with van der Waals surface area (Å²) in [5, 5.41) is 2.98. The first-order valence-electron chi connectivity index (χ1n) is 9.89. The van der Waals surface area contributed by atoms with Crippen LogP contribution in [0.15, 0.2) is 54.6 Å². The monoisotopic (exact) mass is 505 g/mol. The maximum Gasteiger partial charge on any atom is 0.411 e. The largest absolute Gasteiger partial charge is 0.439 e. The van der Waals surface area contributed by atoms with Gasteiger partial charge < -0.3 is 15.0 Å². The van der Waals surface area contributed by atoms with E-state index < -0.39 is 0 Å². The smallest absolute Gasteiger partial charge is 0.411 e. The zero-order valence-corrected chi connectivity index (χ0v) is 18.4. The van der Waals surface area contributed by atoms with Gasteiger partial charge in [-0.1, -0.05) is 42.5 Å². The maximum atomic E-state index is 12.6. The summed E-state index contributed by atoms with van der Waals surface area (Å²) >= 11 is 2.21. The molecule has 2 heterocycles. The van der Waals surface area contributed by atoms with E-state index in [0.29, 0.717) is 13.1 Å². The highest BCUT2D eigenvalue weighted by molar-refractivity contribution is 14.1. The topological polar surface area (TPSA) is 61.9 Å². The normalized spacial score (nSPS) is 22.5. The van der Waals surface area contributed by atoms with Crippen LogP contribution < -0.4 is 5.32 Å². The standard InChI is InChI=1S/C22H24IN3O3/c1-15-20(16-7-3-2-4-8-16)29-22(28)26(15)17-11-13-25(14-12-17)21(27)24-19-10-6-5-9-18(19)23/h2-10,15,17,20H,11-14H2,1H3,(H,24,27)/t15-,20-/m1/s1. The number of cyclic esters (lactones) is 1. The number of urea groups is 1. The van der Waals surface area contributed by atoms with Crippen molar-refractivity contribution in [1.82, 2.24) is 9.80 Å². The van der Waals surface area contributed by atoms with Gasteiger partial charge in [-0.2, -0.15) is 0 Å². The van der Waals surface area contributed by atoms with Crippen LogP contribution >= 0.6 is 22.6 Å². The van der Waals surface area contributed by atoms with Crippen LogP contribution in [0.4, 0.5) is 15.3 Å². The van der Waals surface area contributed by atoms with Crippen molar-refractivity contribution in [3.63, 3.8) is 0 Å². The van der Waals surface area contributed by atoms with Gasteiger partial charge in [-0.3, -0.25) is 4.90 Å². The fourth-order valence-corrected chi connectivity index (χ4v) is 4.68. The number of likely N-dealkylation sites (tertiary alicyclic amines) is 1. The number of hydrogen-bond acceptors (Lipinski definition) is 3. The average molecular weight is 505 g/mol. The number of para-hydroxylation sites is 1. The van der Waals surface area contributed by atoms with Crippen molar-refractivity contribution in [3.05, 3.63) is 63.7 Å². The molecule has 2 aliphatic rings. The highest BCUT2D eigenvalue weighted by Gasteiger charge is 2.44. The van der Waals surface area contributed by atoms with Crippen LogP contribution in [0.1, 0.15) is 31.4 Å². The second kappa shape index (κ2) is 8.61. The van der Waals surface area contributed by atoms with E-state index in [2.05, 4.69) is 27.9 Å². The Balaban J connectivity index is 1.36. The number of nitrogens with zero attached hydrogens (tertiary/aromatic N) is 2. The third-order valence-corrected chi connectivity index (χ3v) is 6.64. The molecule has 2 aromatic carbocycles. The van der Waals surface area contributed by atoms with Gasteiger partial charge in [0.1, 0.15) is 6.10 Å². The van der Waals surface area contributed by atoms with Crippen LogP contribution in [0.2, 0.25) is 0 Å². The molecule has 2 fully saturated rings. The van der Waals surface area contributed by atoms with Gasteiger partial charge in [0.25, 0.3) is 0 Å². The molecular formula is C22H24IN3O3. The third-order valence-electron chi connectivity index (χ3n) is 5.70. The second-order valence-electron chi connectivity index (χ2n) is 7.49. The number of rotatable bonds is 3. The van der Waals surface area contributed by atoms with Crippen LogP contribution in [0.3, 0.4) is 0 Å². The Bertz CT molecular complexity index is 884. The van der Waals surface area contributed by atoms with Crippen molar-refractivity contribution in [1.29, 1.82) is 0 Å². The van der Waals surface area contributed by atoms with Crippen LogP contribution in [0.25, 0.3) is 0 Å². The van der Waals surface area contributed by atoms with E-state index >= 15 is 0 Å². The Morgan fingerprint density at radius 3 is 2.41 bits per heavy atom. The van der Waals surface area contributed by atoms with Gasteiger partial charge in [0, 0.05) is 22.7 Å². The van der Waals surface area contributed by atoms with E-state index in [1.54, 1.807) is 0 Å². The molecule has 4 rings (SSSR count). The minimum absolute atomic E-state index is 0.0267. The predicted octanol–water partition coefficient (Wildman–Crippen LogP) is 4.87. The number of carbonyl (C=O) groups is 2. The zero-order chi connectivity index (χ0) is 20.4. The van der Waals surface area contributed by atoms with Gasteiger partial charge in [0.15, 0.2) is 0 Å².